The zero-order valence-corrected chi connectivity index (χ0v) is 14.3. The molecule has 0 spiro atoms. The van der Waals surface area contributed by atoms with Crippen LogP contribution in [0.2, 0.25) is 0 Å². The van der Waals surface area contributed by atoms with E-state index in [0.717, 1.165) is 34.3 Å². The van der Waals surface area contributed by atoms with E-state index in [0.29, 0.717) is 12.3 Å². The first-order chi connectivity index (χ1) is 9.92. The minimum atomic E-state index is -0.800. The number of aryl methyl sites for hydroxylation is 2. The minimum absolute atomic E-state index is 0.512. The third-order valence-corrected chi connectivity index (χ3v) is 5.74. The third-order valence-electron chi connectivity index (χ3n) is 4.71. The molecule has 4 heteroatoms. The molecule has 2 unspecified atom stereocenters. The summed E-state index contributed by atoms with van der Waals surface area (Å²) < 4.78 is 2.88. The second kappa shape index (κ2) is 5.25. The minimum Gasteiger partial charge on any atom is -0.385 e. The van der Waals surface area contributed by atoms with Gasteiger partial charge in [0.25, 0.3) is 0 Å². The monoisotopic (exact) mass is 348 g/mol. The molecule has 1 aromatic heterocycles. The molecular weight excluding hydrogens is 328 g/mol. The van der Waals surface area contributed by atoms with Crippen LogP contribution < -0.4 is 0 Å². The average Bonchev–Trinajstić information content (AvgIpc) is 2.70. The summed E-state index contributed by atoms with van der Waals surface area (Å²) in [6.45, 7) is 4.22. The van der Waals surface area contributed by atoms with Gasteiger partial charge in [-0.3, -0.25) is 4.68 Å². The summed E-state index contributed by atoms with van der Waals surface area (Å²) >= 11 is 3.61. The fourth-order valence-corrected chi connectivity index (χ4v) is 3.90. The summed E-state index contributed by atoms with van der Waals surface area (Å²) in [4.78, 5) is 0. The van der Waals surface area contributed by atoms with E-state index in [1.54, 1.807) is 0 Å². The normalized spacial score (nSPS) is 24.9. The lowest BCUT2D eigenvalue weighted by Gasteiger charge is -2.37. The van der Waals surface area contributed by atoms with Crippen molar-refractivity contribution in [2.75, 3.05) is 0 Å². The first-order valence-electron chi connectivity index (χ1n) is 7.42. The van der Waals surface area contributed by atoms with E-state index < -0.39 is 5.60 Å². The number of hydrogen-bond acceptors (Lipinski definition) is 2. The van der Waals surface area contributed by atoms with Gasteiger partial charge in [0.2, 0.25) is 0 Å². The van der Waals surface area contributed by atoms with Crippen molar-refractivity contribution < 1.29 is 5.11 Å². The molecule has 3 nitrogen and oxygen atoms in total. The first-order valence-corrected chi connectivity index (χ1v) is 8.21. The van der Waals surface area contributed by atoms with E-state index >= 15 is 0 Å². The molecule has 0 saturated carbocycles. The lowest BCUT2D eigenvalue weighted by molar-refractivity contribution is 0.0140. The molecule has 3 rings (SSSR count). The van der Waals surface area contributed by atoms with E-state index in [4.69, 9.17) is 0 Å². The van der Waals surface area contributed by atoms with Crippen LogP contribution in [-0.4, -0.2) is 14.9 Å². The van der Waals surface area contributed by atoms with Crippen molar-refractivity contribution in [2.24, 2.45) is 7.05 Å². The Kier molecular flexibility index (Phi) is 3.70. The van der Waals surface area contributed by atoms with Crippen molar-refractivity contribution >= 4 is 15.9 Å². The van der Waals surface area contributed by atoms with Crippen LogP contribution >= 0.6 is 15.9 Å². The maximum absolute atomic E-state index is 11.3. The summed E-state index contributed by atoms with van der Waals surface area (Å²) in [5.74, 6) is 0.512. The Balaban J connectivity index is 2.04. The number of rotatable bonds is 2. The number of aromatic nitrogens is 2. The van der Waals surface area contributed by atoms with Gasteiger partial charge in [0, 0.05) is 13.5 Å². The van der Waals surface area contributed by atoms with Crippen LogP contribution in [0.25, 0.3) is 0 Å². The van der Waals surface area contributed by atoms with Crippen molar-refractivity contribution in [3.05, 3.63) is 51.3 Å². The molecule has 1 aliphatic rings. The third kappa shape index (κ3) is 2.44. The van der Waals surface area contributed by atoms with Crippen LogP contribution in [0.15, 0.2) is 28.7 Å². The van der Waals surface area contributed by atoms with Crippen molar-refractivity contribution in [3.63, 3.8) is 0 Å². The molecule has 2 atom stereocenters. The summed E-state index contributed by atoms with van der Waals surface area (Å²) in [6, 6.07) is 8.30. The first kappa shape index (κ1) is 14.8. The lowest BCUT2D eigenvalue weighted by atomic mass is 9.72. The number of hydrogen-bond donors (Lipinski definition) is 1. The van der Waals surface area contributed by atoms with Crippen LogP contribution in [0.1, 0.15) is 48.2 Å². The van der Waals surface area contributed by atoms with Crippen LogP contribution in [0.3, 0.4) is 0 Å². The highest BCUT2D eigenvalue weighted by Crippen LogP contribution is 2.43. The van der Waals surface area contributed by atoms with Gasteiger partial charge in [-0.05, 0) is 52.7 Å². The van der Waals surface area contributed by atoms with Crippen molar-refractivity contribution in [3.8, 4) is 0 Å². The van der Waals surface area contributed by atoms with Crippen molar-refractivity contribution in [2.45, 2.75) is 44.6 Å². The van der Waals surface area contributed by atoms with E-state index in [2.05, 4.69) is 46.2 Å². The highest BCUT2D eigenvalue weighted by molar-refractivity contribution is 9.10. The maximum atomic E-state index is 11.3. The molecule has 1 heterocycles. The molecule has 1 aliphatic carbocycles. The Bertz CT molecular complexity index is 679. The fourth-order valence-electron chi connectivity index (χ4n) is 3.43. The van der Waals surface area contributed by atoms with E-state index in [1.165, 1.54) is 5.56 Å². The Labute approximate surface area is 134 Å². The molecule has 0 aliphatic heterocycles. The molecule has 1 aromatic carbocycles. The Morgan fingerprint density at radius 1 is 1.43 bits per heavy atom. The average molecular weight is 349 g/mol. The summed E-state index contributed by atoms with van der Waals surface area (Å²) in [5, 5.41) is 15.7. The highest BCUT2D eigenvalue weighted by atomic mass is 79.9. The fraction of sp³-hybridized carbons (Fsp3) is 0.471. The predicted molar refractivity (Wildman–Crippen MR) is 87.3 cm³/mol. The highest BCUT2D eigenvalue weighted by Gasteiger charge is 2.38. The van der Waals surface area contributed by atoms with Gasteiger partial charge in [-0.25, -0.2) is 0 Å². The number of halogens is 1. The van der Waals surface area contributed by atoms with Crippen LogP contribution in [0.5, 0.6) is 0 Å². The number of aliphatic hydroxyl groups is 1. The van der Waals surface area contributed by atoms with Crippen LogP contribution in [0, 0.1) is 6.92 Å². The Morgan fingerprint density at radius 2 is 2.14 bits per heavy atom. The van der Waals surface area contributed by atoms with E-state index in [1.807, 2.05) is 24.7 Å². The van der Waals surface area contributed by atoms with Gasteiger partial charge in [0.05, 0.1) is 21.5 Å². The smallest absolute Gasteiger partial charge is 0.0955 e. The summed E-state index contributed by atoms with van der Waals surface area (Å²) in [7, 11) is 1.94. The van der Waals surface area contributed by atoms with Crippen LogP contribution in [0.4, 0.5) is 0 Å². The molecular formula is C17H21BrN2O. The maximum Gasteiger partial charge on any atom is 0.0955 e. The topological polar surface area (TPSA) is 38.0 Å². The van der Waals surface area contributed by atoms with Gasteiger partial charge < -0.3 is 5.11 Å². The second-order valence-corrected chi connectivity index (χ2v) is 7.00. The largest absolute Gasteiger partial charge is 0.385 e. The molecule has 0 amide bonds. The Morgan fingerprint density at radius 3 is 2.81 bits per heavy atom. The summed E-state index contributed by atoms with van der Waals surface area (Å²) in [6.07, 6.45) is 2.40. The molecule has 2 aromatic rings. The quantitative estimate of drug-likeness (QED) is 0.895. The van der Waals surface area contributed by atoms with Gasteiger partial charge in [0.1, 0.15) is 0 Å². The van der Waals surface area contributed by atoms with Gasteiger partial charge >= 0.3 is 0 Å². The summed E-state index contributed by atoms with van der Waals surface area (Å²) in [5.41, 5.74) is 3.58. The van der Waals surface area contributed by atoms with Gasteiger partial charge in [-0.15, -0.1) is 0 Å². The number of benzene rings is 1. The van der Waals surface area contributed by atoms with Gasteiger partial charge in [-0.2, -0.15) is 5.10 Å². The van der Waals surface area contributed by atoms with E-state index in [-0.39, 0.29) is 0 Å². The van der Waals surface area contributed by atoms with Gasteiger partial charge in [-0.1, -0.05) is 31.2 Å². The SMILES string of the molecule is Cc1nn(C)c(CC2(O)CCC(C)c3ccccc32)c1Br. The molecule has 1 N–H and O–H groups in total. The van der Waals surface area contributed by atoms with Gasteiger partial charge in [0.15, 0.2) is 0 Å². The zero-order chi connectivity index (χ0) is 15.2. The predicted octanol–water partition coefficient (Wildman–Crippen LogP) is 3.82. The molecule has 0 radical (unpaired) electrons. The molecule has 21 heavy (non-hydrogen) atoms. The van der Waals surface area contributed by atoms with Crippen molar-refractivity contribution in [1.82, 2.24) is 9.78 Å². The Hall–Kier alpha value is -1.13. The van der Waals surface area contributed by atoms with Crippen molar-refractivity contribution in [1.29, 1.82) is 0 Å². The standard InChI is InChI=1S/C17H21BrN2O/c1-11-8-9-17(21,14-7-5-4-6-13(11)14)10-15-16(18)12(2)19-20(15)3/h4-7,11,21H,8-10H2,1-3H3. The lowest BCUT2D eigenvalue weighted by Crippen LogP contribution is -2.34. The van der Waals surface area contributed by atoms with E-state index in [9.17, 15) is 5.11 Å². The second-order valence-electron chi connectivity index (χ2n) is 6.21. The molecule has 0 bridgehead atoms. The molecule has 0 fully saturated rings. The van der Waals surface area contributed by atoms with Crippen LogP contribution in [-0.2, 0) is 19.1 Å². The molecule has 0 saturated heterocycles. The zero-order valence-electron chi connectivity index (χ0n) is 12.7. The number of nitrogens with zero attached hydrogens (tertiary/aromatic N) is 2. The molecule has 112 valence electrons. The number of fused-ring (bicyclic) bond motifs is 1.